The number of halogens is 2. The molecule has 2 rings (SSSR count). The molecule has 170 valence electrons. The second kappa shape index (κ2) is 12.5. The molecule has 2 aromatic carbocycles. The largest absolute Gasteiger partial charge is 0.493 e. The lowest BCUT2D eigenvalue weighted by molar-refractivity contribution is -0.0520. The summed E-state index contributed by atoms with van der Waals surface area (Å²) in [7, 11) is 3.22. The molecule has 0 radical (unpaired) electrons. The van der Waals surface area contributed by atoms with Gasteiger partial charge in [0.2, 0.25) is 0 Å². The molecule has 2 N–H and O–H groups in total. The summed E-state index contributed by atoms with van der Waals surface area (Å²) in [5.41, 5.74) is 1.49. The molecule has 9 heteroatoms. The van der Waals surface area contributed by atoms with Gasteiger partial charge in [-0.2, -0.15) is 8.78 Å². The molecule has 7 nitrogen and oxygen atoms in total. The van der Waals surface area contributed by atoms with Gasteiger partial charge in [-0.25, -0.2) is 0 Å². The molecule has 0 unspecified atom stereocenters. The number of aliphatic imine (C=N–C) groups is 1. The first-order valence-electron chi connectivity index (χ1n) is 9.96. The number of nitrogens with one attached hydrogen (secondary N) is 2. The van der Waals surface area contributed by atoms with Crippen LogP contribution in [0.1, 0.15) is 25.0 Å². The molecule has 0 bridgehead atoms. The molecule has 0 saturated carbocycles. The van der Waals surface area contributed by atoms with Crippen LogP contribution in [-0.4, -0.2) is 39.9 Å². The number of rotatable bonds is 11. The lowest BCUT2D eigenvalue weighted by Crippen LogP contribution is -2.36. The minimum Gasteiger partial charge on any atom is -0.493 e. The lowest BCUT2D eigenvalue weighted by atomic mass is 10.2. The molecule has 0 spiro atoms. The fraction of sp³-hybridized carbons (Fsp3) is 0.409. The van der Waals surface area contributed by atoms with Crippen molar-refractivity contribution in [1.82, 2.24) is 10.6 Å². The van der Waals surface area contributed by atoms with E-state index in [-0.39, 0.29) is 18.0 Å². The van der Waals surface area contributed by atoms with Crippen molar-refractivity contribution in [2.75, 3.05) is 27.4 Å². The first kappa shape index (κ1) is 24.0. The number of benzene rings is 2. The van der Waals surface area contributed by atoms with Gasteiger partial charge in [0.1, 0.15) is 0 Å². The average Bonchev–Trinajstić information content (AvgIpc) is 2.76. The number of nitrogens with zero attached hydrogens (tertiary/aromatic N) is 1. The van der Waals surface area contributed by atoms with Crippen LogP contribution in [0, 0.1) is 0 Å². The smallest absolute Gasteiger partial charge is 0.387 e. The fourth-order valence-corrected chi connectivity index (χ4v) is 2.88. The van der Waals surface area contributed by atoms with E-state index in [1.807, 2.05) is 25.1 Å². The molecule has 0 heterocycles. The number of hydrogen-bond acceptors (Lipinski definition) is 5. The summed E-state index contributed by atoms with van der Waals surface area (Å²) in [6.45, 7) is 2.29. The van der Waals surface area contributed by atoms with Gasteiger partial charge in [-0.15, -0.1) is 0 Å². The van der Waals surface area contributed by atoms with Gasteiger partial charge >= 0.3 is 6.61 Å². The second-order valence-electron chi connectivity index (χ2n) is 6.25. The lowest BCUT2D eigenvalue weighted by Gasteiger charge is -2.17. The first-order chi connectivity index (χ1) is 15.0. The quantitative estimate of drug-likeness (QED) is 0.410. The van der Waals surface area contributed by atoms with Crippen LogP contribution in [0.25, 0.3) is 0 Å². The standard InChI is InChI=1S/C22H29F2N3O4/c1-5-29-18-9-7-8-16(20(18)31-21(23)24)14-27-22(25-3)26-13-15-10-11-17(28-4)19(12-15)30-6-2/h7-12,21H,5-6,13-14H2,1-4H3,(H2,25,26,27). The van der Waals surface area contributed by atoms with Gasteiger partial charge in [-0.3, -0.25) is 4.99 Å². The van der Waals surface area contributed by atoms with E-state index in [0.717, 1.165) is 5.56 Å². The Morgan fingerprint density at radius 3 is 2.32 bits per heavy atom. The Morgan fingerprint density at radius 2 is 1.68 bits per heavy atom. The molecule has 0 aliphatic carbocycles. The number of para-hydroxylation sites is 1. The average molecular weight is 437 g/mol. The van der Waals surface area contributed by atoms with E-state index in [2.05, 4.69) is 15.6 Å². The Kier molecular flexibility index (Phi) is 9.67. The maximum Gasteiger partial charge on any atom is 0.387 e. The van der Waals surface area contributed by atoms with Gasteiger partial charge < -0.3 is 29.6 Å². The van der Waals surface area contributed by atoms with E-state index in [1.165, 1.54) is 0 Å². The molecule has 0 aliphatic rings. The summed E-state index contributed by atoms with van der Waals surface area (Å²) in [5.74, 6) is 2.10. The number of alkyl halides is 2. The van der Waals surface area contributed by atoms with Crippen molar-refractivity contribution in [3.05, 3.63) is 47.5 Å². The minimum absolute atomic E-state index is 0.0128. The second-order valence-corrected chi connectivity index (χ2v) is 6.25. The topological polar surface area (TPSA) is 73.3 Å². The minimum atomic E-state index is -2.95. The summed E-state index contributed by atoms with van der Waals surface area (Å²) >= 11 is 0. The van der Waals surface area contributed by atoms with E-state index < -0.39 is 6.61 Å². The van der Waals surface area contributed by atoms with Gasteiger partial charge in [-0.1, -0.05) is 18.2 Å². The highest BCUT2D eigenvalue weighted by Crippen LogP contribution is 2.33. The van der Waals surface area contributed by atoms with Crippen LogP contribution in [0.4, 0.5) is 8.78 Å². The number of ether oxygens (including phenoxy) is 4. The zero-order chi connectivity index (χ0) is 22.6. The number of guanidine groups is 1. The number of methoxy groups -OCH3 is 1. The first-order valence-corrected chi connectivity index (χ1v) is 9.96. The molecule has 0 atom stereocenters. The third-order valence-corrected chi connectivity index (χ3v) is 4.22. The molecular formula is C22H29F2N3O4. The van der Waals surface area contributed by atoms with Crippen LogP contribution < -0.4 is 29.6 Å². The number of hydrogen-bond donors (Lipinski definition) is 2. The normalized spacial score (nSPS) is 11.3. The Morgan fingerprint density at radius 1 is 0.968 bits per heavy atom. The third-order valence-electron chi connectivity index (χ3n) is 4.22. The molecule has 0 fully saturated rings. The van der Waals surface area contributed by atoms with Crippen LogP contribution >= 0.6 is 0 Å². The predicted octanol–water partition coefficient (Wildman–Crippen LogP) is 3.96. The van der Waals surface area contributed by atoms with Crippen LogP contribution in [0.5, 0.6) is 23.0 Å². The molecular weight excluding hydrogens is 408 g/mol. The summed E-state index contributed by atoms with van der Waals surface area (Å²) < 4.78 is 46.8. The van der Waals surface area contributed by atoms with Crippen molar-refractivity contribution in [1.29, 1.82) is 0 Å². The van der Waals surface area contributed by atoms with Crippen molar-refractivity contribution in [3.8, 4) is 23.0 Å². The summed E-state index contributed by atoms with van der Waals surface area (Å²) in [4.78, 5) is 4.18. The van der Waals surface area contributed by atoms with E-state index in [1.54, 1.807) is 39.3 Å². The maximum absolute atomic E-state index is 12.9. The van der Waals surface area contributed by atoms with Gasteiger partial charge in [0.05, 0.1) is 20.3 Å². The van der Waals surface area contributed by atoms with Crippen molar-refractivity contribution in [2.24, 2.45) is 4.99 Å². The van der Waals surface area contributed by atoms with E-state index >= 15 is 0 Å². The van der Waals surface area contributed by atoms with Gasteiger partial charge in [0, 0.05) is 25.7 Å². The molecule has 2 aromatic rings. The molecule has 0 amide bonds. The fourth-order valence-electron chi connectivity index (χ4n) is 2.88. The Hall–Kier alpha value is -3.23. The molecule has 0 saturated heterocycles. The predicted molar refractivity (Wildman–Crippen MR) is 115 cm³/mol. The van der Waals surface area contributed by atoms with Gasteiger partial charge in [0.15, 0.2) is 29.0 Å². The monoisotopic (exact) mass is 437 g/mol. The zero-order valence-electron chi connectivity index (χ0n) is 18.2. The Bertz CT molecular complexity index is 863. The Labute approximate surface area is 181 Å². The zero-order valence-corrected chi connectivity index (χ0v) is 18.2. The highest BCUT2D eigenvalue weighted by Gasteiger charge is 2.16. The molecule has 31 heavy (non-hydrogen) atoms. The summed E-state index contributed by atoms with van der Waals surface area (Å²) in [6, 6.07) is 10.7. The molecule has 0 aromatic heterocycles. The summed E-state index contributed by atoms with van der Waals surface area (Å²) in [5, 5.41) is 6.29. The van der Waals surface area contributed by atoms with E-state index in [4.69, 9.17) is 18.9 Å². The Balaban J connectivity index is 2.05. The van der Waals surface area contributed by atoms with Crippen LogP contribution in [0.15, 0.2) is 41.4 Å². The van der Waals surface area contributed by atoms with Crippen LogP contribution in [0.2, 0.25) is 0 Å². The highest BCUT2D eigenvalue weighted by atomic mass is 19.3. The maximum atomic E-state index is 12.9. The van der Waals surface area contributed by atoms with Crippen LogP contribution in [0.3, 0.4) is 0 Å². The van der Waals surface area contributed by atoms with Crippen LogP contribution in [-0.2, 0) is 13.1 Å². The van der Waals surface area contributed by atoms with Crippen molar-refractivity contribution < 1.29 is 27.7 Å². The van der Waals surface area contributed by atoms with Crippen molar-refractivity contribution in [3.63, 3.8) is 0 Å². The van der Waals surface area contributed by atoms with Crippen molar-refractivity contribution in [2.45, 2.75) is 33.5 Å². The molecule has 0 aliphatic heterocycles. The van der Waals surface area contributed by atoms with E-state index in [0.29, 0.717) is 42.8 Å². The summed E-state index contributed by atoms with van der Waals surface area (Å²) in [6.07, 6.45) is 0. The van der Waals surface area contributed by atoms with Gasteiger partial charge in [0.25, 0.3) is 0 Å². The highest BCUT2D eigenvalue weighted by molar-refractivity contribution is 5.79. The van der Waals surface area contributed by atoms with E-state index in [9.17, 15) is 8.78 Å². The SMILES string of the molecule is CCOc1cc(CNC(=NC)NCc2cccc(OCC)c2OC(F)F)ccc1OC. The third kappa shape index (κ3) is 7.20. The van der Waals surface area contributed by atoms with Gasteiger partial charge in [-0.05, 0) is 37.6 Å². The van der Waals surface area contributed by atoms with Crippen molar-refractivity contribution >= 4 is 5.96 Å².